The second-order valence-corrected chi connectivity index (χ2v) is 4.23. The van der Waals surface area contributed by atoms with Crippen LogP contribution in [0.4, 0.5) is 0 Å². The molecule has 4 heteroatoms. The minimum atomic E-state index is -0.290. The van der Waals surface area contributed by atoms with Crippen LogP contribution in [0.2, 0.25) is 0 Å². The Hall–Kier alpha value is -2.02. The molecule has 1 N–H and O–H groups in total. The van der Waals surface area contributed by atoms with Crippen LogP contribution in [0.25, 0.3) is 4.95 Å². The normalized spacial score (nSPS) is 11.8. The number of aliphatic imine (C=N–C) groups is 1. The fraction of sp³-hybridized carbons (Fsp3) is 0.333. The van der Waals surface area contributed by atoms with E-state index in [1.54, 1.807) is 0 Å². The quantitative estimate of drug-likeness (QED) is 0.340. The lowest BCUT2D eigenvalue weighted by molar-refractivity contribution is 0.491. The lowest BCUT2D eigenvalue weighted by Gasteiger charge is -2.13. The summed E-state index contributed by atoms with van der Waals surface area (Å²) in [6.07, 6.45) is 0. The number of rotatable bonds is 1. The summed E-state index contributed by atoms with van der Waals surface area (Å²) in [4.78, 5) is 7.32. The number of hydrogen-bond donors (Lipinski definition) is 1. The van der Waals surface area contributed by atoms with E-state index in [9.17, 15) is 0 Å². The van der Waals surface area contributed by atoms with Crippen molar-refractivity contribution in [3.8, 4) is 5.75 Å². The van der Waals surface area contributed by atoms with Crippen molar-refractivity contribution in [2.45, 2.75) is 26.3 Å². The van der Waals surface area contributed by atoms with Crippen LogP contribution in [0.1, 0.15) is 20.8 Å². The summed E-state index contributed by atoms with van der Waals surface area (Å²) in [6, 6.07) is 9.46. The first-order valence-corrected chi connectivity index (χ1v) is 4.96. The SMILES string of the molecule is [C-]#[N+]NC(=NC(C)(C)C)Oc1ccccc1. The molecule has 4 nitrogen and oxygen atoms in total. The maximum atomic E-state index is 6.76. The van der Waals surface area contributed by atoms with Gasteiger partial charge in [-0.1, -0.05) is 18.2 Å². The molecule has 0 aliphatic rings. The number of para-hydroxylation sites is 1. The molecule has 0 bridgehead atoms. The van der Waals surface area contributed by atoms with Gasteiger partial charge in [-0.2, -0.15) is 11.5 Å². The highest BCUT2D eigenvalue weighted by atomic mass is 16.5. The Morgan fingerprint density at radius 2 is 1.94 bits per heavy atom. The van der Waals surface area contributed by atoms with Crippen LogP contribution in [0.3, 0.4) is 0 Å². The molecule has 0 aromatic heterocycles. The molecule has 0 aliphatic carbocycles. The molecule has 1 aromatic carbocycles. The van der Waals surface area contributed by atoms with E-state index < -0.39 is 0 Å². The van der Waals surface area contributed by atoms with Gasteiger partial charge in [-0.05, 0) is 38.3 Å². The molecule has 16 heavy (non-hydrogen) atoms. The summed E-state index contributed by atoms with van der Waals surface area (Å²) in [5.74, 6) is 0.654. The fourth-order valence-electron chi connectivity index (χ4n) is 1.02. The zero-order valence-corrected chi connectivity index (χ0v) is 9.69. The van der Waals surface area contributed by atoms with Crippen LogP contribution in [0, 0.1) is 6.57 Å². The molecule has 0 amide bonds. The van der Waals surface area contributed by atoms with E-state index in [-0.39, 0.29) is 11.6 Å². The van der Waals surface area contributed by atoms with Crippen LogP contribution < -0.4 is 10.2 Å². The Morgan fingerprint density at radius 1 is 1.31 bits per heavy atom. The second kappa shape index (κ2) is 5.17. The van der Waals surface area contributed by atoms with Crippen molar-refractivity contribution in [3.05, 3.63) is 41.9 Å². The van der Waals surface area contributed by atoms with Gasteiger partial charge in [-0.25, -0.2) is 4.99 Å². The first-order valence-electron chi connectivity index (χ1n) is 4.96. The van der Waals surface area contributed by atoms with Gasteiger partial charge in [0.1, 0.15) is 5.75 Å². The molecule has 0 unspecified atom stereocenters. The maximum absolute atomic E-state index is 6.76. The van der Waals surface area contributed by atoms with Gasteiger partial charge in [0.25, 0.3) is 0 Å². The third-order valence-electron chi connectivity index (χ3n) is 1.55. The Balaban J connectivity index is 2.82. The molecular weight excluding hydrogens is 202 g/mol. The highest BCUT2D eigenvalue weighted by Crippen LogP contribution is 2.11. The van der Waals surface area contributed by atoms with Gasteiger partial charge in [0.2, 0.25) is 0 Å². The summed E-state index contributed by atoms with van der Waals surface area (Å²) in [5, 5.41) is 0. The van der Waals surface area contributed by atoms with Crippen molar-refractivity contribution in [2.24, 2.45) is 4.99 Å². The van der Waals surface area contributed by atoms with Crippen LogP contribution in [0.5, 0.6) is 5.75 Å². The molecule has 0 aliphatic heterocycles. The fourth-order valence-corrected chi connectivity index (χ4v) is 1.02. The Kier molecular flexibility index (Phi) is 3.90. The van der Waals surface area contributed by atoms with Crippen LogP contribution >= 0.6 is 0 Å². The molecule has 1 aromatic rings. The largest absolute Gasteiger partial charge is 0.422 e. The van der Waals surface area contributed by atoms with Crippen LogP contribution in [-0.4, -0.2) is 11.6 Å². The molecule has 0 heterocycles. The Bertz CT molecular complexity index is 399. The number of ether oxygens (including phenoxy) is 1. The van der Waals surface area contributed by atoms with Crippen LogP contribution in [0.15, 0.2) is 35.3 Å². The molecule has 0 saturated carbocycles. The number of amidine groups is 1. The number of hydrogen-bond acceptors (Lipinski definition) is 2. The molecule has 0 fully saturated rings. The predicted molar refractivity (Wildman–Crippen MR) is 64.0 cm³/mol. The Labute approximate surface area is 95.8 Å². The van der Waals surface area contributed by atoms with Gasteiger partial charge in [-0.3, -0.25) is 0 Å². The van der Waals surface area contributed by atoms with Crippen molar-refractivity contribution in [2.75, 3.05) is 0 Å². The van der Waals surface area contributed by atoms with Gasteiger partial charge in [0, 0.05) is 0 Å². The predicted octanol–water partition coefficient (Wildman–Crippen LogP) is 2.64. The van der Waals surface area contributed by atoms with Gasteiger partial charge in [-0.15, -0.1) is 0 Å². The summed E-state index contributed by atoms with van der Waals surface area (Å²) in [6.45, 7) is 12.6. The summed E-state index contributed by atoms with van der Waals surface area (Å²) >= 11 is 0. The maximum Gasteiger partial charge on any atom is 0.358 e. The average molecular weight is 217 g/mol. The van der Waals surface area contributed by atoms with E-state index in [0.717, 1.165) is 0 Å². The minimum Gasteiger partial charge on any atom is -0.422 e. The third kappa shape index (κ3) is 4.47. The van der Waals surface area contributed by atoms with Crippen molar-refractivity contribution in [1.82, 2.24) is 5.43 Å². The van der Waals surface area contributed by atoms with Gasteiger partial charge in [0.05, 0.1) is 5.54 Å². The van der Waals surface area contributed by atoms with Gasteiger partial charge in [0.15, 0.2) is 0 Å². The van der Waals surface area contributed by atoms with Crippen molar-refractivity contribution < 1.29 is 4.74 Å². The summed E-state index contributed by atoms with van der Waals surface area (Å²) in [7, 11) is 0. The van der Waals surface area contributed by atoms with E-state index in [1.807, 2.05) is 51.1 Å². The molecule has 1 rings (SSSR count). The summed E-state index contributed by atoms with van der Waals surface area (Å²) < 4.78 is 5.46. The van der Waals surface area contributed by atoms with E-state index in [1.165, 1.54) is 0 Å². The molecule has 84 valence electrons. The molecule has 0 saturated heterocycles. The highest BCUT2D eigenvalue weighted by molar-refractivity contribution is 5.77. The van der Waals surface area contributed by atoms with Crippen molar-refractivity contribution >= 4 is 6.02 Å². The Morgan fingerprint density at radius 3 is 2.44 bits per heavy atom. The van der Waals surface area contributed by atoms with Gasteiger partial charge < -0.3 is 4.74 Å². The monoisotopic (exact) mass is 217 g/mol. The molecular formula is C12H15N3O. The molecule has 0 radical (unpaired) electrons. The average Bonchev–Trinajstić information content (AvgIpc) is 2.17. The number of nitrogens with one attached hydrogen (secondary N) is 1. The minimum absolute atomic E-state index is 0.216. The summed E-state index contributed by atoms with van der Waals surface area (Å²) in [5.41, 5.74) is 2.12. The first kappa shape index (κ1) is 12.1. The van der Waals surface area contributed by atoms with E-state index in [0.29, 0.717) is 5.75 Å². The zero-order valence-electron chi connectivity index (χ0n) is 9.69. The topological polar surface area (TPSA) is 38.0 Å². The zero-order chi connectivity index (χ0) is 12.0. The van der Waals surface area contributed by atoms with Crippen LogP contribution in [-0.2, 0) is 0 Å². The first-order chi connectivity index (χ1) is 7.51. The lowest BCUT2D eigenvalue weighted by atomic mass is 10.1. The number of benzene rings is 1. The van der Waals surface area contributed by atoms with E-state index in [2.05, 4.69) is 15.4 Å². The molecule has 0 atom stereocenters. The van der Waals surface area contributed by atoms with Crippen molar-refractivity contribution in [3.63, 3.8) is 0 Å². The van der Waals surface area contributed by atoms with E-state index in [4.69, 9.17) is 11.3 Å². The van der Waals surface area contributed by atoms with E-state index >= 15 is 0 Å². The highest BCUT2D eigenvalue weighted by Gasteiger charge is 2.13. The van der Waals surface area contributed by atoms with Crippen molar-refractivity contribution in [1.29, 1.82) is 0 Å². The standard InChI is InChI=1S/C12H15N3O/c1-12(2,3)14-11(15-13-4)16-10-8-6-5-7-9-10/h5-9H,1-3H3,(H,14,15). The molecule has 0 spiro atoms. The van der Waals surface area contributed by atoms with Gasteiger partial charge >= 0.3 is 6.02 Å². The third-order valence-corrected chi connectivity index (χ3v) is 1.55. The second-order valence-electron chi connectivity index (χ2n) is 4.23. The smallest absolute Gasteiger partial charge is 0.358 e. The lowest BCUT2D eigenvalue weighted by Crippen LogP contribution is -2.27. The number of nitrogens with zero attached hydrogens (tertiary/aromatic N) is 2.